The van der Waals surface area contributed by atoms with Gasteiger partial charge in [-0.3, -0.25) is 4.90 Å². The highest BCUT2D eigenvalue weighted by Crippen LogP contribution is 2.18. The predicted octanol–water partition coefficient (Wildman–Crippen LogP) is 0.272. The maximum absolute atomic E-state index is 9.38. The van der Waals surface area contributed by atoms with Gasteiger partial charge in [-0.15, -0.1) is 0 Å². The molecule has 2 rings (SSSR count). The first-order valence-corrected chi connectivity index (χ1v) is 5.22. The number of rotatable bonds is 2. The third-order valence-electron chi connectivity index (χ3n) is 2.56. The van der Waals surface area contributed by atoms with Crippen molar-refractivity contribution in [2.45, 2.75) is 18.8 Å². The van der Waals surface area contributed by atoms with E-state index in [2.05, 4.69) is 4.98 Å². The Morgan fingerprint density at radius 1 is 1.40 bits per heavy atom. The molecule has 1 aliphatic heterocycles. The van der Waals surface area contributed by atoms with Crippen LogP contribution in [0.3, 0.4) is 0 Å². The van der Waals surface area contributed by atoms with E-state index in [0.29, 0.717) is 24.8 Å². The van der Waals surface area contributed by atoms with Crippen molar-refractivity contribution in [2.24, 2.45) is 0 Å². The van der Waals surface area contributed by atoms with E-state index >= 15 is 0 Å². The van der Waals surface area contributed by atoms with Crippen molar-refractivity contribution in [2.75, 3.05) is 13.1 Å². The van der Waals surface area contributed by atoms with Gasteiger partial charge in [0.1, 0.15) is 5.15 Å². The van der Waals surface area contributed by atoms with Crippen molar-refractivity contribution >= 4 is 11.6 Å². The molecule has 0 spiro atoms. The van der Waals surface area contributed by atoms with E-state index in [9.17, 15) is 10.2 Å². The Balaban J connectivity index is 2.01. The molecule has 15 heavy (non-hydrogen) atoms. The molecule has 0 amide bonds. The highest BCUT2D eigenvalue weighted by Gasteiger charge is 2.29. The average Bonchev–Trinajstić information content (AvgIpc) is 2.50. The Labute approximate surface area is 93.1 Å². The molecule has 1 aromatic heterocycles. The molecule has 1 aromatic rings. The summed E-state index contributed by atoms with van der Waals surface area (Å²) in [5.74, 6) is 0. The summed E-state index contributed by atoms with van der Waals surface area (Å²) >= 11 is 5.91. The number of likely N-dealkylation sites (tertiary alicyclic amines) is 1. The molecule has 0 radical (unpaired) electrons. The first-order chi connectivity index (χ1) is 7.16. The van der Waals surface area contributed by atoms with Crippen molar-refractivity contribution in [1.29, 1.82) is 0 Å². The molecule has 2 atom stereocenters. The molecule has 5 heteroatoms. The van der Waals surface area contributed by atoms with Crippen molar-refractivity contribution in [1.82, 2.24) is 9.88 Å². The SMILES string of the molecule is OC1CN(Cc2cccnc2Cl)CC1O. The highest BCUT2D eigenvalue weighted by atomic mass is 35.5. The Hall–Kier alpha value is -0.680. The van der Waals surface area contributed by atoms with E-state index in [1.54, 1.807) is 6.20 Å². The fraction of sp³-hybridized carbons (Fsp3) is 0.500. The maximum Gasteiger partial charge on any atom is 0.133 e. The molecule has 1 saturated heterocycles. The summed E-state index contributed by atoms with van der Waals surface area (Å²) in [4.78, 5) is 5.93. The van der Waals surface area contributed by atoms with Crippen LogP contribution < -0.4 is 0 Å². The lowest BCUT2D eigenvalue weighted by molar-refractivity contribution is 0.0572. The van der Waals surface area contributed by atoms with Gasteiger partial charge in [0.15, 0.2) is 0 Å². The summed E-state index contributed by atoms with van der Waals surface area (Å²) in [6, 6.07) is 3.72. The van der Waals surface area contributed by atoms with Crippen LogP contribution in [0.4, 0.5) is 0 Å². The molecule has 2 N–H and O–H groups in total. The Morgan fingerprint density at radius 2 is 2.07 bits per heavy atom. The van der Waals surface area contributed by atoms with Gasteiger partial charge in [0.05, 0.1) is 12.2 Å². The number of aromatic nitrogens is 1. The van der Waals surface area contributed by atoms with Crippen molar-refractivity contribution in [3.05, 3.63) is 29.0 Å². The summed E-state index contributed by atoms with van der Waals surface area (Å²) in [5, 5.41) is 19.2. The first kappa shape index (κ1) is 10.8. The van der Waals surface area contributed by atoms with Gasteiger partial charge >= 0.3 is 0 Å². The molecule has 0 bridgehead atoms. The molecule has 0 aliphatic carbocycles. The van der Waals surface area contributed by atoms with E-state index < -0.39 is 12.2 Å². The van der Waals surface area contributed by atoms with Crippen LogP contribution in [0.15, 0.2) is 18.3 Å². The topological polar surface area (TPSA) is 56.6 Å². The summed E-state index contributed by atoms with van der Waals surface area (Å²) < 4.78 is 0. The molecular formula is C10H13ClN2O2. The summed E-state index contributed by atoms with van der Waals surface area (Å²) in [7, 11) is 0. The van der Waals surface area contributed by atoms with Crippen LogP contribution in [0.1, 0.15) is 5.56 Å². The quantitative estimate of drug-likeness (QED) is 0.714. The van der Waals surface area contributed by atoms with Crippen LogP contribution >= 0.6 is 11.6 Å². The number of pyridine rings is 1. The second kappa shape index (κ2) is 4.45. The lowest BCUT2D eigenvalue weighted by Gasteiger charge is -2.14. The molecular weight excluding hydrogens is 216 g/mol. The predicted molar refractivity (Wildman–Crippen MR) is 56.5 cm³/mol. The number of aliphatic hydroxyl groups excluding tert-OH is 2. The third kappa shape index (κ3) is 2.46. The fourth-order valence-corrected chi connectivity index (χ4v) is 1.93. The average molecular weight is 229 g/mol. The molecule has 1 aliphatic rings. The van der Waals surface area contributed by atoms with Crippen molar-refractivity contribution in [3.8, 4) is 0 Å². The summed E-state index contributed by atoms with van der Waals surface area (Å²) in [6.07, 6.45) is 0.334. The maximum atomic E-state index is 9.38. The second-order valence-electron chi connectivity index (χ2n) is 3.78. The van der Waals surface area contributed by atoms with E-state index in [0.717, 1.165) is 5.56 Å². The minimum Gasteiger partial charge on any atom is -0.389 e. The van der Waals surface area contributed by atoms with Gasteiger partial charge in [0.2, 0.25) is 0 Å². The smallest absolute Gasteiger partial charge is 0.133 e. The van der Waals surface area contributed by atoms with Gasteiger partial charge in [-0.05, 0) is 6.07 Å². The van der Waals surface area contributed by atoms with Crippen molar-refractivity contribution in [3.63, 3.8) is 0 Å². The molecule has 0 aromatic carbocycles. The number of hydrogen-bond acceptors (Lipinski definition) is 4. The number of aliphatic hydroxyl groups is 2. The van der Waals surface area contributed by atoms with Crippen LogP contribution in [0.25, 0.3) is 0 Å². The lowest BCUT2D eigenvalue weighted by atomic mass is 10.3. The molecule has 2 heterocycles. The van der Waals surface area contributed by atoms with Crippen LogP contribution in [0.5, 0.6) is 0 Å². The number of hydrogen-bond donors (Lipinski definition) is 2. The van der Waals surface area contributed by atoms with Gasteiger partial charge in [0.25, 0.3) is 0 Å². The van der Waals surface area contributed by atoms with Crippen LogP contribution in [-0.2, 0) is 6.54 Å². The fourth-order valence-electron chi connectivity index (χ4n) is 1.75. The van der Waals surface area contributed by atoms with Crippen LogP contribution in [0, 0.1) is 0 Å². The van der Waals surface area contributed by atoms with Gasteiger partial charge < -0.3 is 10.2 Å². The van der Waals surface area contributed by atoms with E-state index in [-0.39, 0.29) is 0 Å². The first-order valence-electron chi connectivity index (χ1n) is 4.84. The zero-order valence-electron chi connectivity index (χ0n) is 8.17. The summed E-state index contributed by atoms with van der Waals surface area (Å²) in [6.45, 7) is 1.57. The third-order valence-corrected chi connectivity index (χ3v) is 2.91. The molecule has 82 valence electrons. The van der Waals surface area contributed by atoms with E-state index in [1.807, 2.05) is 17.0 Å². The number of nitrogens with zero attached hydrogens (tertiary/aromatic N) is 2. The zero-order valence-corrected chi connectivity index (χ0v) is 8.93. The Morgan fingerprint density at radius 3 is 2.67 bits per heavy atom. The van der Waals surface area contributed by atoms with Gasteiger partial charge in [-0.2, -0.15) is 0 Å². The van der Waals surface area contributed by atoms with Crippen molar-refractivity contribution < 1.29 is 10.2 Å². The number of β-amino-alcohol motifs (C(OH)–C–C–N with tert-alkyl or cyclic N) is 2. The minimum absolute atomic E-state index is 0.479. The standard InChI is InChI=1S/C10H13ClN2O2/c11-10-7(2-1-3-12-10)4-13-5-8(14)9(15)6-13/h1-3,8-9,14-15H,4-6H2. The zero-order chi connectivity index (χ0) is 10.8. The highest BCUT2D eigenvalue weighted by molar-refractivity contribution is 6.30. The molecule has 1 fully saturated rings. The van der Waals surface area contributed by atoms with Crippen LogP contribution in [-0.4, -0.2) is 45.4 Å². The van der Waals surface area contributed by atoms with Crippen LogP contribution in [0.2, 0.25) is 5.15 Å². The largest absolute Gasteiger partial charge is 0.389 e. The molecule has 2 unspecified atom stereocenters. The van der Waals surface area contributed by atoms with E-state index in [4.69, 9.17) is 11.6 Å². The van der Waals surface area contributed by atoms with E-state index in [1.165, 1.54) is 0 Å². The van der Waals surface area contributed by atoms with Gasteiger partial charge in [-0.1, -0.05) is 17.7 Å². The van der Waals surface area contributed by atoms with Gasteiger partial charge in [0, 0.05) is 31.4 Å². The summed E-state index contributed by atoms with van der Waals surface area (Å²) in [5.41, 5.74) is 0.917. The monoisotopic (exact) mass is 228 g/mol. The van der Waals surface area contributed by atoms with Gasteiger partial charge in [-0.25, -0.2) is 4.98 Å². The second-order valence-corrected chi connectivity index (χ2v) is 4.14. The molecule has 0 saturated carbocycles. The minimum atomic E-state index is -0.652. The number of halogens is 1. The lowest BCUT2D eigenvalue weighted by Crippen LogP contribution is -2.22. The Kier molecular flexibility index (Phi) is 3.21. The Bertz CT molecular complexity index is 338. The normalized spacial score (nSPS) is 27.1. The molecule has 4 nitrogen and oxygen atoms in total.